The molecule has 0 bridgehead atoms. The van der Waals surface area contributed by atoms with E-state index >= 15 is 0 Å². The van der Waals surface area contributed by atoms with Crippen molar-refractivity contribution in [3.05, 3.63) is 47.0 Å². The van der Waals surface area contributed by atoms with Crippen molar-refractivity contribution >= 4 is 0 Å². The number of aryl methyl sites for hydroxylation is 2. The van der Waals surface area contributed by atoms with E-state index in [2.05, 4.69) is 55.0 Å². The molecule has 1 aromatic carbocycles. The lowest BCUT2D eigenvalue weighted by atomic mass is 9.85. The monoisotopic (exact) mass is 254 g/mol. The lowest BCUT2D eigenvalue weighted by Crippen LogP contribution is -2.17. The van der Waals surface area contributed by atoms with Crippen LogP contribution in [0.4, 0.5) is 0 Å². The summed E-state index contributed by atoms with van der Waals surface area (Å²) in [4.78, 5) is 9.17. The van der Waals surface area contributed by atoms with Crippen LogP contribution >= 0.6 is 0 Å². The highest BCUT2D eigenvalue weighted by Gasteiger charge is 2.38. The first kappa shape index (κ1) is 13.7. The van der Waals surface area contributed by atoms with Gasteiger partial charge in [0.2, 0.25) is 0 Å². The van der Waals surface area contributed by atoms with Gasteiger partial charge in [-0.2, -0.15) is 0 Å². The predicted molar refractivity (Wildman–Crippen MR) is 80.4 cm³/mol. The summed E-state index contributed by atoms with van der Waals surface area (Å²) in [6, 6.07) is 8.56. The average molecular weight is 254 g/mol. The van der Waals surface area contributed by atoms with Crippen molar-refractivity contribution in [3.8, 4) is 11.1 Å². The third kappa shape index (κ3) is 1.95. The molecular formula is C17H22N2. The molecule has 3 rings (SSSR count). The van der Waals surface area contributed by atoms with Gasteiger partial charge in [-0.25, -0.2) is 9.97 Å². The quantitative estimate of drug-likeness (QED) is 0.695. The number of rotatable bonds is 0. The maximum Gasteiger partial charge on any atom is 0.125 e. The van der Waals surface area contributed by atoms with Gasteiger partial charge in [0.1, 0.15) is 5.82 Å². The summed E-state index contributed by atoms with van der Waals surface area (Å²) in [6.07, 6.45) is 0. The van der Waals surface area contributed by atoms with E-state index in [0.717, 1.165) is 11.5 Å². The Morgan fingerprint density at radius 1 is 0.947 bits per heavy atom. The number of hydrogen-bond donors (Lipinski definition) is 0. The summed E-state index contributed by atoms with van der Waals surface area (Å²) in [7, 11) is 0. The third-order valence-corrected chi connectivity index (χ3v) is 3.66. The van der Waals surface area contributed by atoms with E-state index in [1.54, 1.807) is 0 Å². The molecule has 0 saturated heterocycles. The fourth-order valence-electron chi connectivity index (χ4n) is 2.86. The van der Waals surface area contributed by atoms with E-state index in [0.29, 0.717) is 0 Å². The molecule has 2 heteroatoms. The Morgan fingerprint density at radius 2 is 1.58 bits per heavy atom. The van der Waals surface area contributed by atoms with Gasteiger partial charge >= 0.3 is 0 Å². The van der Waals surface area contributed by atoms with Crippen molar-refractivity contribution in [1.82, 2.24) is 9.97 Å². The fraction of sp³-hybridized carbons (Fsp3) is 0.412. The summed E-state index contributed by atoms with van der Waals surface area (Å²) >= 11 is 0. The van der Waals surface area contributed by atoms with Crippen LogP contribution in [0.15, 0.2) is 24.3 Å². The van der Waals surface area contributed by atoms with Crippen LogP contribution in [0.25, 0.3) is 11.1 Å². The molecule has 0 radical (unpaired) electrons. The first-order valence-electron chi connectivity index (χ1n) is 6.97. The fourth-order valence-corrected chi connectivity index (χ4v) is 2.86. The van der Waals surface area contributed by atoms with Crippen LogP contribution in [-0.2, 0) is 5.41 Å². The summed E-state index contributed by atoms with van der Waals surface area (Å²) in [5.74, 6) is 0.863. The summed E-state index contributed by atoms with van der Waals surface area (Å²) in [5, 5.41) is 0. The lowest BCUT2D eigenvalue weighted by Gasteiger charge is -2.20. The molecule has 0 aliphatic heterocycles. The Kier molecular flexibility index (Phi) is 3.44. The highest BCUT2D eigenvalue weighted by atomic mass is 14.9. The molecule has 1 aliphatic rings. The number of aromatic nitrogens is 2. The van der Waals surface area contributed by atoms with Crippen LogP contribution in [0, 0.1) is 13.8 Å². The zero-order valence-electron chi connectivity index (χ0n) is 12.7. The van der Waals surface area contributed by atoms with Gasteiger partial charge in [0.25, 0.3) is 0 Å². The highest BCUT2D eigenvalue weighted by Crippen LogP contribution is 2.48. The second-order valence-electron chi connectivity index (χ2n) is 5.25. The predicted octanol–water partition coefficient (Wildman–Crippen LogP) is 4.43. The van der Waals surface area contributed by atoms with Gasteiger partial charge in [-0.15, -0.1) is 0 Å². The lowest BCUT2D eigenvalue weighted by molar-refractivity contribution is 0.630. The maximum atomic E-state index is 4.67. The number of nitrogens with zero attached hydrogens (tertiary/aromatic N) is 2. The smallest absolute Gasteiger partial charge is 0.125 e. The van der Waals surface area contributed by atoms with E-state index in [9.17, 15) is 0 Å². The number of benzene rings is 1. The van der Waals surface area contributed by atoms with Crippen molar-refractivity contribution in [1.29, 1.82) is 0 Å². The summed E-state index contributed by atoms with van der Waals surface area (Å²) in [6.45, 7) is 12.5. The van der Waals surface area contributed by atoms with Crippen molar-refractivity contribution < 1.29 is 0 Å². The Labute approximate surface area is 115 Å². The minimum atomic E-state index is -0.00954. The van der Waals surface area contributed by atoms with E-state index < -0.39 is 0 Å². The van der Waals surface area contributed by atoms with E-state index in [-0.39, 0.29) is 5.41 Å². The molecule has 2 nitrogen and oxygen atoms in total. The molecule has 0 amide bonds. The molecule has 19 heavy (non-hydrogen) atoms. The summed E-state index contributed by atoms with van der Waals surface area (Å²) < 4.78 is 0. The normalized spacial score (nSPS) is 14.2. The molecule has 1 heterocycles. The molecule has 1 aliphatic carbocycles. The molecule has 0 spiro atoms. The van der Waals surface area contributed by atoms with Crippen LogP contribution in [0.5, 0.6) is 0 Å². The molecule has 0 atom stereocenters. The maximum absolute atomic E-state index is 4.67. The Bertz CT molecular complexity index is 613. The van der Waals surface area contributed by atoms with E-state index in [4.69, 9.17) is 0 Å². The molecule has 0 saturated carbocycles. The van der Waals surface area contributed by atoms with Crippen LogP contribution in [0.1, 0.15) is 50.5 Å². The standard InChI is InChI=1S/C15H16N2.C2H6/c1-9-13-11-7-5-6-8-12(11)15(3,4)14(13)17-10(2)16-9;1-2/h5-8H,1-4H3;1-2H3. The summed E-state index contributed by atoms with van der Waals surface area (Å²) in [5.41, 5.74) is 6.14. The van der Waals surface area contributed by atoms with E-state index in [1.165, 1.54) is 22.4 Å². The molecule has 0 fully saturated rings. The topological polar surface area (TPSA) is 25.8 Å². The molecule has 0 unspecified atom stereocenters. The van der Waals surface area contributed by atoms with E-state index in [1.807, 2.05) is 20.8 Å². The average Bonchev–Trinajstić information content (AvgIpc) is 2.62. The third-order valence-electron chi connectivity index (χ3n) is 3.66. The first-order valence-corrected chi connectivity index (χ1v) is 6.97. The van der Waals surface area contributed by atoms with Crippen molar-refractivity contribution in [2.24, 2.45) is 0 Å². The van der Waals surface area contributed by atoms with Crippen molar-refractivity contribution in [2.75, 3.05) is 0 Å². The Balaban J connectivity index is 0.000000637. The van der Waals surface area contributed by atoms with Gasteiger partial charge in [0.15, 0.2) is 0 Å². The molecule has 1 aromatic heterocycles. The molecule has 0 N–H and O–H groups in total. The minimum Gasteiger partial charge on any atom is -0.238 e. The van der Waals surface area contributed by atoms with Crippen molar-refractivity contribution in [3.63, 3.8) is 0 Å². The SMILES string of the molecule is CC.Cc1nc(C)c2c(n1)C(C)(C)c1ccccc1-2. The Morgan fingerprint density at radius 3 is 2.26 bits per heavy atom. The Hall–Kier alpha value is -1.70. The minimum absolute atomic E-state index is 0.00954. The molecule has 2 aromatic rings. The van der Waals surface area contributed by atoms with Gasteiger partial charge in [0.05, 0.1) is 5.69 Å². The second kappa shape index (κ2) is 4.76. The van der Waals surface area contributed by atoms with Gasteiger partial charge < -0.3 is 0 Å². The zero-order valence-corrected chi connectivity index (χ0v) is 12.7. The number of hydrogen-bond acceptors (Lipinski definition) is 2. The van der Waals surface area contributed by atoms with Crippen LogP contribution in [0.3, 0.4) is 0 Å². The zero-order chi connectivity index (χ0) is 14.2. The second-order valence-corrected chi connectivity index (χ2v) is 5.25. The largest absolute Gasteiger partial charge is 0.238 e. The highest BCUT2D eigenvalue weighted by molar-refractivity contribution is 5.80. The van der Waals surface area contributed by atoms with Crippen molar-refractivity contribution in [2.45, 2.75) is 47.0 Å². The first-order chi connectivity index (χ1) is 9.01. The number of fused-ring (bicyclic) bond motifs is 3. The van der Waals surface area contributed by atoms with Gasteiger partial charge in [-0.05, 0) is 25.0 Å². The van der Waals surface area contributed by atoms with Crippen LogP contribution in [-0.4, -0.2) is 9.97 Å². The van der Waals surface area contributed by atoms with Gasteiger partial charge in [-0.3, -0.25) is 0 Å². The molecule has 100 valence electrons. The van der Waals surface area contributed by atoms with Gasteiger partial charge in [0, 0.05) is 16.7 Å². The molecular weight excluding hydrogens is 232 g/mol. The van der Waals surface area contributed by atoms with Crippen LogP contribution < -0.4 is 0 Å². The van der Waals surface area contributed by atoms with Crippen LogP contribution in [0.2, 0.25) is 0 Å². The van der Waals surface area contributed by atoms with Gasteiger partial charge in [-0.1, -0.05) is 52.0 Å².